The monoisotopic (exact) mass is 225 g/mol. The lowest BCUT2D eigenvalue weighted by molar-refractivity contribution is 0.0695. The number of ether oxygens (including phenoxy) is 1. The van der Waals surface area contributed by atoms with Gasteiger partial charge in [0.15, 0.2) is 0 Å². The van der Waals surface area contributed by atoms with Crippen molar-refractivity contribution < 1.29 is 4.74 Å². The number of hydrogen-bond donors (Lipinski definition) is 0. The summed E-state index contributed by atoms with van der Waals surface area (Å²) in [5.74, 6) is 0. The zero-order valence-corrected chi connectivity index (χ0v) is 9.21. The number of hydrogen-bond acceptors (Lipinski definition) is 3. The molecule has 0 spiro atoms. The van der Waals surface area contributed by atoms with E-state index in [4.69, 9.17) is 10.00 Å². The minimum absolute atomic E-state index is 0.161. The third-order valence-corrected chi connectivity index (χ3v) is 3.03. The molecule has 84 valence electrons. The van der Waals surface area contributed by atoms with Gasteiger partial charge >= 0.3 is 0 Å². The fourth-order valence-corrected chi connectivity index (χ4v) is 2.12. The Balaban J connectivity index is 1.98. The molecule has 1 aromatic carbocycles. The highest BCUT2D eigenvalue weighted by Gasteiger charge is 2.21. The van der Waals surface area contributed by atoms with Crippen molar-refractivity contribution in [3.8, 4) is 6.07 Å². The molecule has 1 aliphatic heterocycles. The van der Waals surface area contributed by atoms with Crippen LogP contribution in [0.25, 0.3) is 0 Å². The van der Waals surface area contributed by atoms with E-state index in [9.17, 15) is 0 Å². The Morgan fingerprint density at radius 2 is 2.18 bits per heavy atom. The number of fused-ring (bicyclic) bond motifs is 1. The van der Waals surface area contributed by atoms with Gasteiger partial charge in [-0.25, -0.2) is 4.98 Å². The smallest absolute Gasteiger partial charge is 0.0991 e. The molecule has 2 heterocycles. The number of imidazole rings is 1. The fourth-order valence-electron chi connectivity index (χ4n) is 2.12. The second-order valence-electron chi connectivity index (χ2n) is 4.06. The largest absolute Gasteiger partial charge is 0.373 e. The van der Waals surface area contributed by atoms with Crippen LogP contribution in [0.3, 0.4) is 0 Å². The lowest BCUT2D eigenvalue weighted by Crippen LogP contribution is -2.23. The molecule has 0 fully saturated rings. The summed E-state index contributed by atoms with van der Waals surface area (Å²) in [6.07, 6.45) is 3.66. The van der Waals surface area contributed by atoms with Gasteiger partial charge in [0.1, 0.15) is 0 Å². The molecule has 1 aromatic heterocycles. The average Bonchev–Trinajstić information content (AvgIpc) is 2.87. The highest BCUT2D eigenvalue weighted by Crippen LogP contribution is 2.25. The molecule has 17 heavy (non-hydrogen) atoms. The first-order valence-corrected chi connectivity index (χ1v) is 5.47. The van der Waals surface area contributed by atoms with Crippen LogP contribution in [0.4, 0.5) is 0 Å². The van der Waals surface area contributed by atoms with Crippen LogP contribution in [0.2, 0.25) is 0 Å². The van der Waals surface area contributed by atoms with Crippen LogP contribution in [0, 0.1) is 11.3 Å². The molecule has 0 saturated carbocycles. The lowest BCUT2D eigenvalue weighted by atomic mass is 10.0. The third kappa shape index (κ3) is 1.71. The molecular formula is C13H11N3O. The normalized spacial score (nSPS) is 18.4. The van der Waals surface area contributed by atoms with Crippen molar-refractivity contribution in [2.45, 2.75) is 12.6 Å². The Hall–Kier alpha value is -2.12. The molecule has 0 N–H and O–H groups in total. The quantitative estimate of drug-likeness (QED) is 0.744. The number of nitriles is 1. The zero-order valence-electron chi connectivity index (χ0n) is 9.21. The van der Waals surface area contributed by atoms with E-state index in [0.717, 1.165) is 11.3 Å². The summed E-state index contributed by atoms with van der Waals surface area (Å²) in [4.78, 5) is 4.14. The average molecular weight is 225 g/mol. The molecule has 1 aliphatic rings. The van der Waals surface area contributed by atoms with Crippen LogP contribution >= 0.6 is 0 Å². The van der Waals surface area contributed by atoms with Crippen molar-refractivity contribution in [1.29, 1.82) is 5.26 Å². The highest BCUT2D eigenvalue weighted by atomic mass is 16.5. The van der Waals surface area contributed by atoms with Crippen molar-refractivity contribution in [1.82, 2.24) is 9.55 Å². The van der Waals surface area contributed by atoms with Crippen molar-refractivity contribution in [2.75, 3.05) is 6.61 Å². The van der Waals surface area contributed by atoms with Gasteiger partial charge in [-0.3, -0.25) is 0 Å². The predicted octanol–water partition coefficient (Wildman–Crippen LogP) is 1.87. The van der Waals surface area contributed by atoms with Crippen molar-refractivity contribution in [3.05, 3.63) is 53.6 Å². The van der Waals surface area contributed by atoms with Crippen molar-refractivity contribution >= 4 is 0 Å². The van der Waals surface area contributed by atoms with Gasteiger partial charge < -0.3 is 9.30 Å². The summed E-state index contributed by atoms with van der Waals surface area (Å²) in [5, 5.41) is 8.77. The Labute approximate surface area is 99.1 Å². The maximum Gasteiger partial charge on any atom is 0.0991 e. The maximum absolute atomic E-state index is 8.77. The van der Waals surface area contributed by atoms with Gasteiger partial charge in [0.25, 0.3) is 0 Å². The van der Waals surface area contributed by atoms with Crippen LogP contribution in [-0.4, -0.2) is 16.2 Å². The van der Waals surface area contributed by atoms with Gasteiger partial charge in [0, 0.05) is 0 Å². The van der Waals surface area contributed by atoms with Crippen LogP contribution < -0.4 is 0 Å². The van der Waals surface area contributed by atoms with E-state index in [1.165, 1.54) is 0 Å². The summed E-state index contributed by atoms with van der Waals surface area (Å²) in [5.41, 5.74) is 2.91. The van der Waals surface area contributed by atoms with E-state index in [-0.39, 0.29) is 6.04 Å². The second kappa shape index (κ2) is 4.04. The first-order chi connectivity index (χ1) is 8.38. The second-order valence-corrected chi connectivity index (χ2v) is 4.06. The molecule has 0 bridgehead atoms. The van der Waals surface area contributed by atoms with Gasteiger partial charge in [-0.1, -0.05) is 12.1 Å². The summed E-state index contributed by atoms with van der Waals surface area (Å²) in [7, 11) is 0. The molecule has 0 saturated heterocycles. The summed E-state index contributed by atoms with van der Waals surface area (Å²) in [6.45, 7) is 1.27. The van der Waals surface area contributed by atoms with Gasteiger partial charge in [-0.05, 0) is 17.7 Å². The number of aromatic nitrogens is 2. The van der Waals surface area contributed by atoms with Crippen LogP contribution in [-0.2, 0) is 11.3 Å². The van der Waals surface area contributed by atoms with E-state index < -0.39 is 0 Å². The minimum atomic E-state index is 0.161. The predicted molar refractivity (Wildman–Crippen MR) is 61.2 cm³/mol. The van der Waals surface area contributed by atoms with Gasteiger partial charge in [0.05, 0.1) is 49.1 Å². The number of rotatable bonds is 1. The van der Waals surface area contributed by atoms with E-state index in [2.05, 4.69) is 15.6 Å². The van der Waals surface area contributed by atoms with Crippen LogP contribution in [0.1, 0.15) is 22.9 Å². The summed E-state index contributed by atoms with van der Waals surface area (Å²) < 4.78 is 7.68. The first kappa shape index (κ1) is 10.1. The Kier molecular flexibility index (Phi) is 2.39. The van der Waals surface area contributed by atoms with Crippen molar-refractivity contribution in [2.24, 2.45) is 0 Å². The SMILES string of the molecule is N#Cc1ccc([C@H]2COCc3cncn32)cc1. The third-order valence-electron chi connectivity index (χ3n) is 3.03. The number of benzene rings is 1. The molecule has 2 aromatic rings. The molecule has 4 heteroatoms. The van der Waals surface area contributed by atoms with Crippen molar-refractivity contribution in [3.63, 3.8) is 0 Å². The Morgan fingerprint density at radius 1 is 1.35 bits per heavy atom. The lowest BCUT2D eigenvalue weighted by Gasteiger charge is -2.26. The topological polar surface area (TPSA) is 50.8 Å². The van der Waals surface area contributed by atoms with E-state index in [0.29, 0.717) is 18.8 Å². The Morgan fingerprint density at radius 3 is 2.94 bits per heavy atom. The molecule has 1 atom stereocenters. The maximum atomic E-state index is 8.77. The summed E-state index contributed by atoms with van der Waals surface area (Å²) >= 11 is 0. The first-order valence-electron chi connectivity index (χ1n) is 5.47. The number of nitrogens with zero attached hydrogens (tertiary/aromatic N) is 3. The van der Waals surface area contributed by atoms with E-state index >= 15 is 0 Å². The van der Waals surface area contributed by atoms with Crippen LogP contribution in [0.5, 0.6) is 0 Å². The highest BCUT2D eigenvalue weighted by molar-refractivity contribution is 5.33. The molecule has 0 amide bonds. The minimum Gasteiger partial charge on any atom is -0.373 e. The molecule has 0 radical (unpaired) electrons. The summed E-state index contributed by atoms with van der Waals surface area (Å²) in [6, 6.07) is 9.90. The van der Waals surface area contributed by atoms with E-state index in [1.807, 2.05) is 36.8 Å². The van der Waals surface area contributed by atoms with Crippen LogP contribution in [0.15, 0.2) is 36.8 Å². The molecule has 3 rings (SSSR count). The van der Waals surface area contributed by atoms with Gasteiger partial charge in [-0.15, -0.1) is 0 Å². The standard InChI is InChI=1S/C13H11N3O/c14-5-10-1-3-11(4-2-10)13-8-17-7-12-6-15-9-16(12)13/h1-4,6,9,13H,7-8H2/t13-/m1/s1. The Bertz CT molecular complexity index is 565. The molecular weight excluding hydrogens is 214 g/mol. The zero-order chi connectivity index (χ0) is 11.7. The van der Waals surface area contributed by atoms with Gasteiger partial charge in [-0.2, -0.15) is 5.26 Å². The molecule has 4 nitrogen and oxygen atoms in total. The molecule has 0 aliphatic carbocycles. The van der Waals surface area contributed by atoms with Gasteiger partial charge in [0.2, 0.25) is 0 Å². The van der Waals surface area contributed by atoms with E-state index in [1.54, 1.807) is 0 Å². The fraction of sp³-hybridized carbons (Fsp3) is 0.231. The molecule has 0 unspecified atom stereocenters.